The Kier molecular flexibility index (Phi) is 7.38. The number of benzene rings is 6. The summed E-state index contributed by atoms with van der Waals surface area (Å²) in [5.74, 6) is 0.344. The van der Waals surface area contributed by atoms with Gasteiger partial charge in [0.2, 0.25) is 0 Å². The monoisotopic (exact) mass is 590 g/mol. The third kappa shape index (κ3) is 5.25. The van der Waals surface area contributed by atoms with E-state index < -0.39 is 0 Å². The van der Waals surface area contributed by atoms with Crippen molar-refractivity contribution in [1.82, 2.24) is 0 Å². The summed E-state index contributed by atoms with van der Waals surface area (Å²) in [4.78, 5) is 4.76. The fraction of sp³-hybridized carbons (Fsp3) is 0.0455. The standard InChI is InChI=1S/C44H34N2/c1-3-17-37(18-4-1)45(43-23-11-15-35-13-7-9-21-41(35)43)39-29-25-33(26-30-39)34-27-31-40(32-28-34)46(38-19-5-2-6-20-38)44-24-12-16-36-14-8-10-22-42(36)44/h1-21,23-32,42H,22H2. The van der Waals surface area contributed by atoms with E-state index in [4.69, 9.17) is 0 Å². The van der Waals surface area contributed by atoms with Crippen LogP contribution in [0.3, 0.4) is 0 Å². The molecule has 2 aliphatic rings. The molecule has 0 aromatic heterocycles. The maximum atomic E-state index is 2.41. The molecule has 0 bridgehead atoms. The van der Waals surface area contributed by atoms with E-state index >= 15 is 0 Å². The molecule has 2 heteroatoms. The van der Waals surface area contributed by atoms with Gasteiger partial charge in [-0.2, -0.15) is 0 Å². The maximum Gasteiger partial charge on any atom is 0.0540 e. The fourth-order valence-corrected chi connectivity index (χ4v) is 6.75. The summed E-state index contributed by atoms with van der Waals surface area (Å²) in [5.41, 5.74) is 10.8. The van der Waals surface area contributed by atoms with Gasteiger partial charge in [0.1, 0.15) is 0 Å². The van der Waals surface area contributed by atoms with Crippen LogP contribution in [0.25, 0.3) is 21.9 Å². The van der Waals surface area contributed by atoms with Gasteiger partial charge in [-0.15, -0.1) is 0 Å². The summed E-state index contributed by atoms with van der Waals surface area (Å²) in [6, 6.07) is 54.4. The summed E-state index contributed by atoms with van der Waals surface area (Å²) in [7, 11) is 0. The molecule has 0 amide bonds. The SMILES string of the molecule is C1=CCC2C(=C1)C=CC=C2N(c1ccccc1)c1ccc(-c2ccc(N(c3ccccc3)c3cccc4ccccc34)cc2)cc1. The van der Waals surface area contributed by atoms with Gasteiger partial charge in [0.05, 0.1) is 5.69 Å². The first-order valence-corrected chi connectivity index (χ1v) is 16.0. The van der Waals surface area contributed by atoms with Crippen LogP contribution in [0.15, 0.2) is 199 Å². The normalized spacial score (nSPS) is 15.2. The number of nitrogens with zero attached hydrogens (tertiary/aromatic N) is 2. The fourth-order valence-electron chi connectivity index (χ4n) is 6.75. The minimum Gasteiger partial charge on any atom is -0.314 e. The molecule has 0 aliphatic heterocycles. The molecule has 1 unspecified atom stereocenters. The molecule has 0 saturated heterocycles. The van der Waals surface area contributed by atoms with E-state index in [1.165, 1.54) is 44.5 Å². The Bertz CT molecular complexity index is 2100. The largest absolute Gasteiger partial charge is 0.314 e. The van der Waals surface area contributed by atoms with Crippen LogP contribution in [0, 0.1) is 5.92 Å². The van der Waals surface area contributed by atoms with Gasteiger partial charge in [0.15, 0.2) is 0 Å². The molecule has 0 radical (unpaired) electrons. The van der Waals surface area contributed by atoms with Gasteiger partial charge in [-0.05, 0) is 89.2 Å². The highest BCUT2D eigenvalue weighted by molar-refractivity contribution is 5.99. The Morgan fingerprint density at radius 2 is 1.02 bits per heavy atom. The van der Waals surface area contributed by atoms with Gasteiger partial charge in [0.25, 0.3) is 0 Å². The Labute approximate surface area is 271 Å². The van der Waals surface area contributed by atoms with Gasteiger partial charge in [-0.3, -0.25) is 0 Å². The second-order valence-electron chi connectivity index (χ2n) is 11.8. The number of allylic oxidation sites excluding steroid dienone is 7. The van der Waals surface area contributed by atoms with Crippen molar-refractivity contribution in [1.29, 1.82) is 0 Å². The Balaban J connectivity index is 1.13. The van der Waals surface area contributed by atoms with E-state index in [0.717, 1.165) is 23.5 Å². The lowest BCUT2D eigenvalue weighted by Gasteiger charge is -2.35. The molecular formula is C44H34N2. The molecule has 0 heterocycles. The lowest BCUT2D eigenvalue weighted by Crippen LogP contribution is -2.25. The molecule has 8 rings (SSSR count). The molecule has 0 saturated carbocycles. The van der Waals surface area contributed by atoms with Gasteiger partial charge in [-0.25, -0.2) is 0 Å². The van der Waals surface area contributed by atoms with Gasteiger partial charge < -0.3 is 9.80 Å². The molecule has 0 N–H and O–H groups in total. The summed E-state index contributed by atoms with van der Waals surface area (Å²) in [6.07, 6.45) is 14.4. The number of fused-ring (bicyclic) bond motifs is 2. The Morgan fingerprint density at radius 3 is 1.72 bits per heavy atom. The molecule has 0 fully saturated rings. The maximum absolute atomic E-state index is 2.41. The highest BCUT2D eigenvalue weighted by Crippen LogP contribution is 2.42. The highest BCUT2D eigenvalue weighted by Gasteiger charge is 2.26. The summed E-state index contributed by atoms with van der Waals surface area (Å²) in [5, 5.41) is 2.46. The van der Waals surface area contributed by atoms with E-state index in [1.54, 1.807) is 0 Å². The van der Waals surface area contributed by atoms with Crippen LogP contribution in [-0.2, 0) is 0 Å². The van der Waals surface area contributed by atoms with E-state index in [1.807, 2.05) is 0 Å². The number of hydrogen-bond donors (Lipinski definition) is 0. The van der Waals surface area contributed by atoms with Crippen molar-refractivity contribution in [2.45, 2.75) is 6.42 Å². The van der Waals surface area contributed by atoms with Crippen LogP contribution in [0.5, 0.6) is 0 Å². The topological polar surface area (TPSA) is 6.48 Å². The van der Waals surface area contributed by atoms with E-state index in [9.17, 15) is 0 Å². The van der Waals surface area contributed by atoms with Crippen molar-refractivity contribution in [2.75, 3.05) is 9.80 Å². The first-order chi connectivity index (χ1) is 22.8. The third-order valence-corrected chi connectivity index (χ3v) is 8.99. The number of rotatable bonds is 7. The molecule has 1 atom stereocenters. The van der Waals surface area contributed by atoms with Crippen molar-refractivity contribution in [2.24, 2.45) is 5.92 Å². The van der Waals surface area contributed by atoms with E-state index in [-0.39, 0.29) is 0 Å². The first-order valence-electron chi connectivity index (χ1n) is 16.0. The molecule has 0 spiro atoms. The van der Waals surface area contributed by atoms with Crippen molar-refractivity contribution >= 4 is 39.2 Å². The van der Waals surface area contributed by atoms with Crippen molar-refractivity contribution in [3.05, 3.63) is 199 Å². The Hall–Kier alpha value is -5.86. The lowest BCUT2D eigenvalue weighted by molar-refractivity contribution is 0.709. The number of para-hydroxylation sites is 2. The summed E-state index contributed by atoms with van der Waals surface area (Å²) in [6.45, 7) is 0. The van der Waals surface area contributed by atoms with Crippen molar-refractivity contribution < 1.29 is 0 Å². The second-order valence-corrected chi connectivity index (χ2v) is 11.8. The zero-order chi connectivity index (χ0) is 30.7. The zero-order valence-electron chi connectivity index (χ0n) is 25.6. The molecule has 6 aromatic carbocycles. The quantitative estimate of drug-likeness (QED) is 0.182. The molecule has 46 heavy (non-hydrogen) atoms. The highest BCUT2D eigenvalue weighted by atomic mass is 15.2. The van der Waals surface area contributed by atoms with Crippen molar-refractivity contribution in [3.8, 4) is 11.1 Å². The average Bonchev–Trinajstić information content (AvgIpc) is 3.14. The summed E-state index contributed by atoms with van der Waals surface area (Å²) >= 11 is 0. The molecule has 2 aliphatic carbocycles. The predicted octanol–water partition coefficient (Wildman–Crippen LogP) is 12.1. The summed E-state index contributed by atoms with van der Waals surface area (Å²) < 4.78 is 0. The Morgan fingerprint density at radius 1 is 0.457 bits per heavy atom. The van der Waals surface area contributed by atoms with Crippen LogP contribution in [0.1, 0.15) is 6.42 Å². The molecule has 2 nitrogen and oxygen atoms in total. The predicted molar refractivity (Wildman–Crippen MR) is 195 cm³/mol. The van der Waals surface area contributed by atoms with E-state index in [0.29, 0.717) is 5.92 Å². The van der Waals surface area contributed by atoms with Crippen LogP contribution in [0.4, 0.5) is 28.4 Å². The molecular weight excluding hydrogens is 556 g/mol. The molecule has 220 valence electrons. The van der Waals surface area contributed by atoms with Crippen LogP contribution in [-0.4, -0.2) is 0 Å². The number of hydrogen-bond acceptors (Lipinski definition) is 2. The van der Waals surface area contributed by atoms with Crippen LogP contribution < -0.4 is 9.80 Å². The number of anilines is 5. The van der Waals surface area contributed by atoms with Crippen molar-refractivity contribution in [3.63, 3.8) is 0 Å². The smallest absolute Gasteiger partial charge is 0.0540 e. The van der Waals surface area contributed by atoms with Crippen LogP contribution in [0.2, 0.25) is 0 Å². The van der Waals surface area contributed by atoms with Gasteiger partial charge in [-0.1, -0.05) is 127 Å². The zero-order valence-corrected chi connectivity index (χ0v) is 25.6. The van der Waals surface area contributed by atoms with E-state index in [2.05, 4.69) is 198 Å². The average molecular weight is 591 g/mol. The first kappa shape index (κ1) is 27.7. The van der Waals surface area contributed by atoms with Gasteiger partial charge in [0, 0.05) is 39.8 Å². The van der Waals surface area contributed by atoms with Gasteiger partial charge >= 0.3 is 0 Å². The van der Waals surface area contributed by atoms with Crippen LogP contribution >= 0.6 is 0 Å². The third-order valence-electron chi connectivity index (χ3n) is 8.99. The minimum absolute atomic E-state index is 0.344. The molecule has 6 aromatic rings. The second kappa shape index (κ2) is 12.3. The lowest BCUT2D eigenvalue weighted by atomic mass is 9.84. The minimum atomic E-state index is 0.344.